The number of hydrogen-bond acceptors (Lipinski definition) is 2. The number of halogens is 2. The number of likely N-dealkylation sites (tertiary alicyclic amines) is 1. The molecule has 0 aliphatic carbocycles. The lowest BCUT2D eigenvalue weighted by Crippen LogP contribution is -3.13. The maximum absolute atomic E-state index is 11.9. The summed E-state index contributed by atoms with van der Waals surface area (Å²) in [5.41, 5.74) is 3.26. The van der Waals surface area contributed by atoms with Gasteiger partial charge in [0, 0.05) is 5.56 Å². The van der Waals surface area contributed by atoms with Crippen molar-refractivity contribution < 1.29 is 9.69 Å². The highest BCUT2D eigenvalue weighted by Gasteiger charge is 2.15. The van der Waals surface area contributed by atoms with Gasteiger partial charge in [-0.25, -0.2) is 5.43 Å². The first-order chi connectivity index (χ1) is 10.7. The van der Waals surface area contributed by atoms with Crippen molar-refractivity contribution in [1.29, 1.82) is 0 Å². The van der Waals surface area contributed by atoms with Crippen molar-refractivity contribution in [3.8, 4) is 0 Å². The molecule has 1 heterocycles. The molecule has 2 N–H and O–H groups in total. The number of carbonyl (C=O) groups is 1. The zero-order valence-electron chi connectivity index (χ0n) is 12.6. The quantitative estimate of drug-likeness (QED) is 0.640. The standard InChI is InChI=1S/C16H21Cl2N3O/c17-14-8-6-7-13(16(14)18)11-19-20-15(22)12-21-9-4-2-1-3-5-10-21/h6-8,11H,1-5,9-10,12H2,(H,20,22)/p+1/b19-11-. The summed E-state index contributed by atoms with van der Waals surface area (Å²) in [6.45, 7) is 2.61. The first kappa shape index (κ1) is 17.3. The number of nitrogens with zero attached hydrogens (tertiary/aromatic N) is 1. The molecule has 1 aromatic carbocycles. The Morgan fingerprint density at radius 3 is 2.59 bits per heavy atom. The lowest BCUT2D eigenvalue weighted by molar-refractivity contribution is -0.893. The number of hydrogen-bond donors (Lipinski definition) is 2. The van der Waals surface area contributed by atoms with Crippen LogP contribution in [-0.2, 0) is 4.79 Å². The zero-order valence-corrected chi connectivity index (χ0v) is 14.1. The van der Waals surface area contributed by atoms with E-state index in [9.17, 15) is 4.79 Å². The third kappa shape index (κ3) is 5.59. The van der Waals surface area contributed by atoms with Gasteiger partial charge in [0.2, 0.25) is 0 Å². The van der Waals surface area contributed by atoms with E-state index in [1.165, 1.54) is 43.2 Å². The molecule has 22 heavy (non-hydrogen) atoms. The highest BCUT2D eigenvalue weighted by molar-refractivity contribution is 6.43. The Labute approximate surface area is 141 Å². The van der Waals surface area contributed by atoms with Crippen LogP contribution in [0.2, 0.25) is 10.0 Å². The van der Waals surface area contributed by atoms with E-state index in [1.54, 1.807) is 18.2 Å². The Morgan fingerprint density at radius 2 is 1.86 bits per heavy atom. The highest BCUT2D eigenvalue weighted by Crippen LogP contribution is 2.23. The molecule has 0 spiro atoms. The Balaban J connectivity index is 1.81. The lowest BCUT2D eigenvalue weighted by Gasteiger charge is -2.20. The minimum atomic E-state index is -0.0648. The summed E-state index contributed by atoms with van der Waals surface area (Å²) in [6.07, 6.45) is 7.79. The van der Waals surface area contributed by atoms with Crippen LogP contribution >= 0.6 is 23.2 Å². The van der Waals surface area contributed by atoms with Gasteiger partial charge < -0.3 is 4.90 Å². The molecule has 120 valence electrons. The van der Waals surface area contributed by atoms with Crippen LogP contribution in [0.25, 0.3) is 0 Å². The second kappa shape index (κ2) is 9.13. The molecule has 0 aromatic heterocycles. The van der Waals surface area contributed by atoms with Gasteiger partial charge in [0.25, 0.3) is 5.91 Å². The van der Waals surface area contributed by atoms with Crippen molar-refractivity contribution in [2.75, 3.05) is 19.6 Å². The predicted molar refractivity (Wildman–Crippen MR) is 90.8 cm³/mol. The number of amides is 1. The van der Waals surface area contributed by atoms with E-state index in [-0.39, 0.29) is 5.91 Å². The number of benzene rings is 1. The molecule has 1 aromatic rings. The van der Waals surface area contributed by atoms with Gasteiger partial charge in [0.1, 0.15) is 0 Å². The molecule has 0 bridgehead atoms. The average molecular weight is 343 g/mol. The summed E-state index contributed by atoms with van der Waals surface area (Å²) in [6, 6.07) is 5.31. The van der Waals surface area contributed by atoms with Crippen LogP contribution in [0.15, 0.2) is 23.3 Å². The Kier molecular flexibility index (Phi) is 7.16. The summed E-state index contributed by atoms with van der Waals surface area (Å²) in [5.74, 6) is -0.0648. The van der Waals surface area contributed by atoms with Crippen molar-refractivity contribution in [3.63, 3.8) is 0 Å². The minimum Gasteiger partial charge on any atom is -0.327 e. The number of hydrazone groups is 1. The molecule has 0 unspecified atom stereocenters. The van der Waals surface area contributed by atoms with E-state index in [1.807, 2.05) is 0 Å². The molecule has 0 radical (unpaired) electrons. The SMILES string of the molecule is O=C(C[NH+]1CCCCCCC1)N/N=C\c1cccc(Cl)c1Cl. The summed E-state index contributed by atoms with van der Waals surface area (Å²) in [5, 5.41) is 4.89. The largest absolute Gasteiger partial charge is 0.327 e. The second-order valence-electron chi connectivity index (χ2n) is 5.63. The first-order valence-corrected chi connectivity index (χ1v) is 8.52. The van der Waals surface area contributed by atoms with Crippen molar-refractivity contribution in [3.05, 3.63) is 33.8 Å². The van der Waals surface area contributed by atoms with Gasteiger partial charge >= 0.3 is 0 Å². The van der Waals surface area contributed by atoms with E-state index in [0.717, 1.165) is 13.1 Å². The molecule has 4 nitrogen and oxygen atoms in total. The zero-order chi connectivity index (χ0) is 15.8. The minimum absolute atomic E-state index is 0.0648. The smallest absolute Gasteiger partial charge is 0.295 e. The Morgan fingerprint density at radius 1 is 1.18 bits per heavy atom. The fraction of sp³-hybridized carbons (Fsp3) is 0.500. The van der Waals surface area contributed by atoms with Crippen molar-refractivity contribution >= 4 is 35.3 Å². The van der Waals surface area contributed by atoms with Crippen LogP contribution in [0.4, 0.5) is 0 Å². The van der Waals surface area contributed by atoms with Gasteiger partial charge in [-0.1, -0.05) is 41.8 Å². The van der Waals surface area contributed by atoms with Gasteiger partial charge in [0.05, 0.1) is 29.3 Å². The predicted octanol–water partition coefficient (Wildman–Crippen LogP) is 2.29. The van der Waals surface area contributed by atoms with E-state index < -0.39 is 0 Å². The number of carbonyl (C=O) groups excluding carboxylic acids is 1. The maximum Gasteiger partial charge on any atom is 0.295 e. The highest BCUT2D eigenvalue weighted by atomic mass is 35.5. The first-order valence-electron chi connectivity index (χ1n) is 7.76. The monoisotopic (exact) mass is 342 g/mol. The number of nitrogens with one attached hydrogen (secondary N) is 2. The van der Waals surface area contributed by atoms with Crippen LogP contribution in [0.1, 0.15) is 37.7 Å². The second-order valence-corrected chi connectivity index (χ2v) is 6.42. The molecule has 6 heteroatoms. The molecular weight excluding hydrogens is 321 g/mol. The van der Waals surface area contributed by atoms with Gasteiger partial charge in [-0.2, -0.15) is 5.10 Å². The Bertz CT molecular complexity index is 526. The molecule has 1 amide bonds. The summed E-state index contributed by atoms with van der Waals surface area (Å²) in [7, 11) is 0. The van der Waals surface area contributed by atoms with Crippen LogP contribution < -0.4 is 10.3 Å². The average Bonchev–Trinajstić information content (AvgIpc) is 2.46. The summed E-state index contributed by atoms with van der Waals surface area (Å²) in [4.78, 5) is 13.3. The van der Waals surface area contributed by atoms with Crippen LogP contribution in [0.3, 0.4) is 0 Å². The van der Waals surface area contributed by atoms with Crippen molar-refractivity contribution in [2.24, 2.45) is 5.10 Å². The summed E-state index contributed by atoms with van der Waals surface area (Å²) >= 11 is 12.0. The lowest BCUT2D eigenvalue weighted by atomic mass is 10.1. The van der Waals surface area contributed by atoms with Crippen LogP contribution in [-0.4, -0.2) is 31.8 Å². The molecule has 1 saturated heterocycles. The van der Waals surface area contributed by atoms with Crippen LogP contribution in [0, 0.1) is 0 Å². The van der Waals surface area contributed by atoms with E-state index in [0.29, 0.717) is 22.2 Å². The van der Waals surface area contributed by atoms with E-state index >= 15 is 0 Å². The van der Waals surface area contributed by atoms with Gasteiger partial charge in [-0.05, 0) is 31.7 Å². The fourth-order valence-corrected chi connectivity index (χ4v) is 3.00. The Hall–Kier alpha value is -1.10. The molecular formula is C16H22Cl2N3O+. The van der Waals surface area contributed by atoms with Gasteiger partial charge in [0.15, 0.2) is 6.54 Å². The fourth-order valence-electron chi connectivity index (χ4n) is 2.64. The van der Waals surface area contributed by atoms with Gasteiger partial charge in [-0.3, -0.25) is 4.79 Å². The molecule has 2 rings (SSSR count). The maximum atomic E-state index is 11.9. The number of quaternary nitrogens is 1. The third-order valence-corrected chi connectivity index (χ3v) is 4.68. The topological polar surface area (TPSA) is 45.9 Å². The molecule has 0 saturated carbocycles. The van der Waals surface area contributed by atoms with Crippen LogP contribution in [0.5, 0.6) is 0 Å². The molecule has 1 aliphatic rings. The molecule has 0 atom stereocenters. The number of rotatable bonds is 4. The molecule has 1 aliphatic heterocycles. The van der Waals surface area contributed by atoms with Crippen molar-refractivity contribution in [2.45, 2.75) is 32.1 Å². The van der Waals surface area contributed by atoms with Gasteiger partial charge in [-0.15, -0.1) is 0 Å². The normalized spacial score (nSPS) is 17.2. The van der Waals surface area contributed by atoms with E-state index in [4.69, 9.17) is 23.2 Å². The van der Waals surface area contributed by atoms with E-state index in [2.05, 4.69) is 10.5 Å². The summed E-state index contributed by atoms with van der Waals surface area (Å²) < 4.78 is 0. The third-order valence-electron chi connectivity index (χ3n) is 3.85. The molecule has 1 fully saturated rings. The van der Waals surface area contributed by atoms with Crippen molar-refractivity contribution in [1.82, 2.24) is 5.43 Å².